The van der Waals surface area contributed by atoms with Gasteiger partial charge in [0.25, 0.3) is 0 Å². The van der Waals surface area contributed by atoms with Gasteiger partial charge in [-0.05, 0) is 36.0 Å². The van der Waals surface area contributed by atoms with Gasteiger partial charge in [0, 0.05) is 16.2 Å². The summed E-state index contributed by atoms with van der Waals surface area (Å²) in [5.41, 5.74) is 7.85. The molecule has 0 heterocycles. The minimum absolute atomic E-state index is 0.241. The molecule has 0 amide bonds. The summed E-state index contributed by atoms with van der Waals surface area (Å²) in [6.07, 6.45) is 5.11. The number of rotatable bonds is 2. The van der Waals surface area contributed by atoms with Crippen LogP contribution in [0.3, 0.4) is 0 Å². The van der Waals surface area contributed by atoms with E-state index in [9.17, 15) is 0 Å². The standard InChI is InChI=1S/C16H25NS/c1-16(2,3)12-8-10-13(11-9-12)18-15-7-5-4-6-14(15)17/h8-11,14-15H,4-7,17H2,1-3H3. The average Bonchev–Trinajstić information content (AvgIpc) is 2.32. The first-order valence-electron chi connectivity index (χ1n) is 6.99. The van der Waals surface area contributed by atoms with Crippen molar-refractivity contribution >= 4 is 11.8 Å². The molecule has 2 heteroatoms. The van der Waals surface area contributed by atoms with E-state index in [0.29, 0.717) is 11.3 Å². The molecule has 100 valence electrons. The lowest BCUT2D eigenvalue weighted by Gasteiger charge is -2.28. The van der Waals surface area contributed by atoms with Crippen LogP contribution in [0.25, 0.3) is 0 Å². The molecule has 1 saturated carbocycles. The molecule has 0 aromatic heterocycles. The number of thioether (sulfide) groups is 1. The van der Waals surface area contributed by atoms with Gasteiger partial charge in [-0.2, -0.15) is 0 Å². The van der Waals surface area contributed by atoms with Crippen LogP contribution in [0.15, 0.2) is 29.2 Å². The predicted molar refractivity (Wildman–Crippen MR) is 81.2 cm³/mol. The second kappa shape index (κ2) is 5.66. The highest BCUT2D eigenvalue weighted by atomic mass is 32.2. The highest BCUT2D eigenvalue weighted by Gasteiger charge is 2.22. The van der Waals surface area contributed by atoms with Crippen molar-refractivity contribution in [1.82, 2.24) is 0 Å². The zero-order valence-electron chi connectivity index (χ0n) is 11.8. The Kier molecular flexibility index (Phi) is 4.39. The van der Waals surface area contributed by atoms with Crippen molar-refractivity contribution in [3.05, 3.63) is 29.8 Å². The van der Waals surface area contributed by atoms with E-state index in [-0.39, 0.29) is 5.41 Å². The van der Waals surface area contributed by atoms with Crippen LogP contribution in [0, 0.1) is 0 Å². The van der Waals surface area contributed by atoms with E-state index >= 15 is 0 Å². The molecule has 1 aliphatic rings. The highest BCUT2D eigenvalue weighted by Crippen LogP contribution is 2.34. The fraction of sp³-hybridized carbons (Fsp3) is 0.625. The number of benzene rings is 1. The van der Waals surface area contributed by atoms with Gasteiger partial charge in [-0.15, -0.1) is 11.8 Å². The first-order valence-corrected chi connectivity index (χ1v) is 7.87. The summed E-state index contributed by atoms with van der Waals surface area (Å²) in [4.78, 5) is 1.37. The van der Waals surface area contributed by atoms with E-state index in [4.69, 9.17) is 5.73 Å². The van der Waals surface area contributed by atoms with Crippen LogP contribution in [0.1, 0.15) is 52.0 Å². The lowest BCUT2D eigenvalue weighted by atomic mass is 9.87. The maximum absolute atomic E-state index is 6.21. The van der Waals surface area contributed by atoms with Crippen LogP contribution < -0.4 is 5.73 Å². The van der Waals surface area contributed by atoms with E-state index in [1.807, 2.05) is 11.8 Å². The fourth-order valence-corrected chi connectivity index (χ4v) is 3.72. The second-order valence-corrected chi connectivity index (χ2v) is 7.69. The minimum Gasteiger partial charge on any atom is -0.327 e. The van der Waals surface area contributed by atoms with Crippen molar-refractivity contribution in [2.45, 2.75) is 68.1 Å². The van der Waals surface area contributed by atoms with Gasteiger partial charge in [-0.3, -0.25) is 0 Å². The van der Waals surface area contributed by atoms with Crippen molar-refractivity contribution in [3.63, 3.8) is 0 Å². The topological polar surface area (TPSA) is 26.0 Å². The maximum Gasteiger partial charge on any atom is 0.0246 e. The molecule has 18 heavy (non-hydrogen) atoms. The summed E-state index contributed by atoms with van der Waals surface area (Å²) in [5, 5.41) is 0.610. The molecular weight excluding hydrogens is 238 g/mol. The summed E-state index contributed by atoms with van der Waals surface area (Å²) >= 11 is 1.97. The van der Waals surface area contributed by atoms with E-state index in [0.717, 1.165) is 0 Å². The Morgan fingerprint density at radius 2 is 1.67 bits per heavy atom. The monoisotopic (exact) mass is 263 g/mol. The lowest BCUT2D eigenvalue weighted by molar-refractivity contribution is 0.453. The van der Waals surface area contributed by atoms with Gasteiger partial charge in [0.05, 0.1) is 0 Å². The minimum atomic E-state index is 0.241. The molecule has 0 aliphatic heterocycles. The van der Waals surface area contributed by atoms with Crippen molar-refractivity contribution in [3.8, 4) is 0 Å². The highest BCUT2D eigenvalue weighted by molar-refractivity contribution is 8.00. The molecule has 1 aromatic rings. The Labute approximate surface area is 116 Å². The Hall–Kier alpha value is -0.470. The first kappa shape index (κ1) is 14.0. The average molecular weight is 263 g/mol. The normalized spacial score (nSPS) is 25.1. The Morgan fingerprint density at radius 1 is 1.06 bits per heavy atom. The van der Waals surface area contributed by atoms with Crippen molar-refractivity contribution in [2.24, 2.45) is 5.73 Å². The van der Waals surface area contributed by atoms with Crippen LogP contribution in [0.2, 0.25) is 0 Å². The molecule has 1 aromatic carbocycles. The largest absolute Gasteiger partial charge is 0.327 e. The molecule has 0 saturated heterocycles. The van der Waals surface area contributed by atoms with Gasteiger partial charge in [-0.1, -0.05) is 45.7 Å². The zero-order valence-corrected chi connectivity index (χ0v) is 12.6. The Bertz CT molecular complexity index is 377. The molecule has 2 rings (SSSR count). The smallest absolute Gasteiger partial charge is 0.0246 e. The van der Waals surface area contributed by atoms with Crippen molar-refractivity contribution in [1.29, 1.82) is 0 Å². The summed E-state index contributed by atoms with van der Waals surface area (Å²) in [6.45, 7) is 6.77. The number of nitrogens with two attached hydrogens (primary N) is 1. The summed E-state index contributed by atoms with van der Waals surface area (Å²) in [7, 11) is 0. The Morgan fingerprint density at radius 3 is 2.22 bits per heavy atom. The predicted octanol–water partition coefficient (Wildman–Crippen LogP) is 4.35. The molecule has 2 unspecified atom stereocenters. The van der Waals surface area contributed by atoms with E-state index < -0.39 is 0 Å². The van der Waals surface area contributed by atoms with Crippen LogP contribution >= 0.6 is 11.8 Å². The molecule has 1 aliphatic carbocycles. The van der Waals surface area contributed by atoms with Gasteiger partial charge in [0.15, 0.2) is 0 Å². The third-order valence-corrected chi connectivity index (χ3v) is 5.19. The molecule has 1 nitrogen and oxygen atoms in total. The van der Waals surface area contributed by atoms with Crippen LogP contribution in [0.4, 0.5) is 0 Å². The van der Waals surface area contributed by atoms with E-state index in [1.54, 1.807) is 0 Å². The quantitative estimate of drug-likeness (QED) is 0.858. The summed E-state index contributed by atoms with van der Waals surface area (Å²) in [6, 6.07) is 9.41. The van der Waals surface area contributed by atoms with Crippen LogP contribution in [-0.4, -0.2) is 11.3 Å². The molecule has 0 spiro atoms. The molecule has 0 bridgehead atoms. The van der Waals surface area contributed by atoms with Crippen molar-refractivity contribution < 1.29 is 0 Å². The molecule has 1 fully saturated rings. The summed E-state index contributed by atoms with van der Waals surface area (Å²) < 4.78 is 0. The number of hydrogen-bond donors (Lipinski definition) is 1. The van der Waals surface area contributed by atoms with Crippen LogP contribution in [-0.2, 0) is 5.41 Å². The molecule has 2 atom stereocenters. The van der Waals surface area contributed by atoms with Gasteiger partial charge >= 0.3 is 0 Å². The van der Waals surface area contributed by atoms with Crippen LogP contribution in [0.5, 0.6) is 0 Å². The third kappa shape index (κ3) is 3.52. The zero-order chi connectivity index (χ0) is 13.2. The fourth-order valence-electron chi connectivity index (χ4n) is 2.48. The van der Waals surface area contributed by atoms with Gasteiger partial charge < -0.3 is 5.73 Å². The number of hydrogen-bond acceptors (Lipinski definition) is 2. The van der Waals surface area contributed by atoms with Crippen molar-refractivity contribution in [2.75, 3.05) is 0 Å². The van der Waals surface area contributed by atoms with E-state index in [1.165, 1.54) is 36.1 Å². The van der Waals surface area contributed by atoms with Gasteiger partial charge in [0.2, 0.25) is 0 Å². The summed E-state index contributed by atoms with van der Waals surface area (Å²) in [5.74, 6) is 0. The van der Waals surface area contributed by atoms with E-state index in [2.05, 4.69) is 45.0 Å². The first-order chi connectivity index (χ1) is 8.47. The maximum atomic E-state index is 6.21. The second-order valence-electron chi connectivity index (χ2n) is 6.38. The molecular formula is C16H25NS. The lowest BCUT2D eigenvalue weighted by Crippen LogP contribution is -2.35. The van der Waals surface area contributed by atoms with Gasteiger partial charge in [0.1, 0.15) is 0 Å². The van der Waals surface area contributed by atoms with Gasteiger partial charge in [-0.25, -0.2) is 0 Å². The molecule has 0 radical (unpaired) electrons. The SMILES string of the molecule is CC(C)(C)c1ccc(SC2CCCCC2N)cc1. The molecule has 2 N–H and O–H groups in total. The Balaban J connectivity index is 2.02. The third-order valence-electron chi connectivity index (χ3n) is 3.76.